The van der Waals surface area contributed by atoms with Gasteiger partial charge in [-0.25, -0.2) is 8.42 Å². The van der Waals surface area contributed by atoms with Crippen LogP contribution in [0.25, 0.3) is 0 Å². The van der Waals surface area contributed by atoms with Gasteiger partial charge in [0.2, 0.25) is 10.0 Å². The Labute approximate surface area is 152 Å². The van der Waals surface area contributed by atoms with Crippen molar-refractivity contribution in [2.24, 2.45) is 5.92 Å². The summed E-state index contributed by atoms with van der Waals surface area (Å²) in [6, 6.07) is 3.24. The van der Waals surface area contributed by atoms with E-state index in [0.717, 1.165) is 25.7 Å². The van der Waals surface area contributed by atoms with Crippen molar-refractivity contribution in [3.63, 3.8) is 0 Å². The Balaban J connectivity index is 2.20. The van der Waals surface area contributed by atoms with E-state index in [4.69, 9.17) is 27.9 Å². The quantitative estimate of drug-likeness (QED) is 0.746. The summed E-state index contributed by atoms with van der Waals surface area (Å²) in [7, 11) is -2.74. The van der Waals surface area contributed by atoms with E-state index in [1.165, 1.54) is 31.7 Å². The fraction of sp³-hybridized carbons (Fsp3) is 0.562. The molecule has 0 unspecified atom stereocenters. The summed E-state index contributed by atoms with van der Waals surface area (Å²) in [6.45, 7) is 0. The standard InChI is InChI=1S/C16H21Cl2NO4S/c1-23-16(20)14(9-11-5-3-2-4-6-11)19-24(21,22)15-10-12(17)7-8-13(15)18/h7-8,10-11,14,19H,2-6,9H2,1H3/t14-/m0/s1. The van der Waals surface area contributed by atoms with Crippen LogP contribution in [0.4, 0.5) is 0 Å². The number of esters is 1. The zero-order chi connectivity index (χ0) is 17.7. The molecule has 1 saturated carbocycles. The lowest BCUT2D eigenvalue weighted by Crippen LogP contribution is -2.43. The van der Waals surface area contributed by atoms with Crippen LogP contribution < -0.4 is 4.72 Å². The van der Waals surface area contributed by atoms with E-state index in [0.29, 0.717) is 12.3 Å². The molecule has 0 bridgehead atoms. The number of hydrogen-bond donors (Lipinski definition) is 1. The Morgan fingerprint density at radius 3 is 2.58 bits per heavy atom. The lowest BCUT2D eigenvalue weighted by Gasteiger charge is -2.25. The van der Waals surface area contributed by atoms with Crippen LogP contribution in [0.2, 0.25) is 10.0 Å². The van der Waals surface area contributed by atoms with Crippen molar-refractivity contribution < 1.29 is 17.9 Å². The summed E-state index contributed by atoms with van der Waals surface area (Å²) in [4.78, 5) is 11.9. The summed E-state index contributed by atoms with van der Waals surface area (Å²) < 4.78 is 32.4. The highest BCUT2D eigenvalue weighted by Gasteiger charge is 2.30. The van der Waals surface area contributed by atoms with E-state index in [-0.39, 0.29) is 14.9 Å². The molecular formula is C16H21Cl2NO4S. The Morgan fingerprint density at radius 1 is 1.29 bits per heavy atom. The zero-order valence-electron chi connectivity index (χ0n) is 13.4. The summed E-state index contributed by atoms with van der Waals surface area (Å²) in [5, 5.41) is 0.301. The fourth-order valence-electron chi connectivity index (χ4n) is 3.02. The predicted molar refractivity (Wildman–Crippen MR) is 93.8 cm³/mol. The lowest BCUT2D eigenvalue weighted by atomic mass is 9.85. The molecule has 1 aromatic rings. The molecule has 1 aliphatic rings. The highest BCUT2D eigenvalue weighted by atomic mass is 35.5. The number of sulfonamides is 1. The van der Waals surface area contributed by atoms with E-state index in [9.17, 15) is 13.2 Å². The molecule has 0 saturated heterocycles. The van der Waals surface area contributed by atoms with Gasteiger partial charge in [-0.3, -0.25) is 4.79 Å². The van der Waals surface area contributed by atoms with Crippen molar-refractivity contribution in [2.45, 2.75) is 49.5 Å². The molecular weight excluding hydrogens is 373 g/mol. The number of hydrogen-bond acceptors (Lipinski definition) is 4. The summed E-state index contributed by atoms with van der Waals surface area (Å²) in [6.07, 6.45) is 5.80. The number of methoxy groups -OCH3 is 1. The molecule has 0 heterocycles. The molecule has 0 amide bonds. The van der Waals surface area contributed by atoms with Crippen LogP contribution in [0, 0.1) is 5.92 Å². The first-order chi connectivity index (χ1) is 11.3. The second-order valence-corrected chi connectivity index (χ2v) is 8.54. The van der Waals surface area contributed by atoms with Crippen LogP contribution in [0.5, 0.6) is 0 Å². The SMILES string of the molecule is COC(=O)[C@H](CC1CCCCC1)NS(=O)(=O)c1cc(Cl)ccc1Cl. The number of carbonyl (C=O) groups excluding carboxylic acids is 1. The van der Waals surface area contributed by atoms with Crippen molar-refractivity contribution in [1.82, 2.24) is 4.72 Å². The van der Waals surface area contributed by atoms with Crippen LogP contribution in [-0.4, -0.2) is 27.5 Å². The van der Waals surface area contributed by atoms with Crippen LogP contribution in [0.1, 0.15) is 38.5 Å². The maximum Gasteiger partial charge on any atom is 0.323 e. The number of rotatable bonds is 6. The van der Waals surface area contributed by atoms with Gasteiger partial charge in [-0.2, -0.15) is 4.72 Å². The zero-order valence-corrected chi connectivity index (χ0v) is 15.8. The smallest absolute Gasteiger partial charge is 0.323 e. The Bertz CT molecular complexity index is 687. The third kappa shape index (κ3) is 5.09. The third-order valence-electron chi connectivity index (χ3n) is 4.26. The predicted octanol–water partition coefficient (Wildman–Crippen LogP) is 3.78. The summed E-state index contributed by atoms with van der Waals surface area (Å²) in [5.41, 5.74) is 0. The molecule has 1 aliphatic carbocycles. The van der Waals surface area contributed by atoms with E-state index < -0.39 is 22.0 Å². The summed E-state index contributed by atoms with van der Waals surface area (Å²) >= 11 is 11.8. The van der Waals surface area contributed by atoms with Gasteiger partial charge in [-0.15, -0.1) is 0 Å². The number of nitrogens with one attached hydrogen (secondary N) is 1. The van der Waals surface area contributed by atoms with Gasteiger partial charge in [-0.05, 0) is 30.5 Å². The molecule has 0 radical (unpaired) electrons. The van der Waals surface area contributed by atoms with Crippen LogP contribution in [-0.2, 0) is 19.6 Å². The van der Waals surface area contributed by atoms with E-state index >= 15 is 0 Å². The number of benzene rings is 1. The Kier molecular flexibility index (Phi) is 6.92. The van der Waals surface area contributed by atoms with Crippen molar-refractivity contribution in [3.8, 4) is 0 Å². The van der Waals surface area contributed by atoms with Gasteiger partial charge in [0.05, 0.1) is 12.1 Å². The van der Waals surface area contributed by atoms with E-state index in [2.05, 4.69) is 4.72 Å². The fourth-order valence-corrected chi connectivity index (χ4v) is 4.98. The van der Waals surface area contributed by atoms with Gasteiger partial charge in [0, 0.05) is 5.02 Å². The lowest BCUT2D eigenvalue weighted by molar-refractivity contribution is -0.143. The van der Waals surface area contributed by atoms with Crippen LogP contribution in [0.3, 0.4) is 0 Å². The highest BCUT2D eigenvalue weighted by molar-refractivity contribution is 7.89. The molecule has 1 aromatic carbocycles. The minimum atomic E-state index is -3.99. The molecule has 24 heavy (non-hydrogen) atoms. The van der Waals surface area contributed by atoms with E-state index in [1.54, 1.807) is 0 Å². The number of halogens is 2. The Morgan fingerprint density at radius 2 is 1.96 bits per heavy atom. The molecule has 1 fully saturated rings. The molecule has 0 spiro atoms. The molecule has 2 rings (SSSR count). The second-order valence-electron chi connectivity index (χ2n) is 6.01. The molecule has 1 atom stereocenters. The van der Waals surface area contributed by atoms with Crippen LogP contribution >= 0.6 is 23.2 Å². The largest absolute Gasteiger partial charge is 0.468 e. The second kappa shape index (κ2) is 8.52. The molecule has 0 aliphatic heterocycles. The van der Waals surface area contributed by atoms with Crippen molar-refractivity contribution in [3.05, 3.63) is 28.2 Å². The monoisotopic (exact) mass is 393 g/mol. The third-order valence-corrected chi connectivity index (χ3v) is 6.45. The first-order valence-corrected chi connectivity index (χ1v) is 10.1. The average Bonchev–Trinajstić information content (AvgIpc) is 2.56. The molecule has 0 aromatic heterocycles. The summed E-state index contributed by atoms with van der Waals surface area (Å²) in [5.74, 6) is -0.289. The number of carbonyl (C=O) groups is 1. The topological polar surface area (TPSA) is 72.5 Å². The van der Waals surface area contributed by atoms with Crippen molar-refractivity contribution in [2.75, 3.05) is 7.11 Å². The van der Waals surface area contributed by atoms with Crippen molar-refractivity contribution >= 4 is 39.2 Å². The van der Waals surface area contributed by atoms with Crippen LogP contribution in [0.15, 0.2) is 23.1 Å². The van der Waals surface area contributed by atoms with Gasteiger partial charge in [0.25, 0.3) is 0 Å². The highest BCUT2D eigenvalue weighted by Crippen LogP contribution is 2.29. The maximum absolute atomic E-state index is 12.6. The molecule has 1 N–H and O–H groups in total. The minimum absolute atomic E-state index is 0.0492. The maximum atomic E-state index is 12.6. The van der Waals surface area contributed by atoms with Gasteiger partial charge in [0.1, 0.15) is 10.9 Å². The molecule has 8 heteroatoms. The first kappa shape index (κ1) is 19.5. The average molecular weight is 394 g/mol. The number of ether oxygens (including phenoxy) is 1. The van der Waals surface area contributed by atoms with E-state index in [1.807, 2.05) is 0 Å². The minimum Gasteiger partial charge on any atom is -0.468 e. The molecule has 5 nitrogen and oxygen atoms in total. The van der Waals surface area contributed by atoms with Gasteiger partial charge >= 0.3 is 5.97 Å². The Hall–Kier alpha value is -0.820. The van der Waals surface area contributed by atoms with Gasteiger partial charge < -0.3 is 4.74 Å². The normalized spacial score (nSPS) is 17.5. The first-order valence-electron chi connectivity index (χ1n) is 7.88. The van der Waals surface area contributed by atoms with Crippen molar-refractivity contribution in [1.29, 1.82) is 0 Å². The molecule has 134 valence electrons. The van der Waals surface area contributed by atoms with Gasteiger partial charge in [0.15, 0.2) is 0 Å². The van der Waals surface area contributed by atoms with Gasteiger partial charge in [-0.1, -0.05) is 55.3 Å².